The zero-order valence-electron chi connectivity index (χ0n) is 17.6. The van der Waals surface area contributed by atoms with E-state index in [9.17, 15) is 4.79 Å². The highest BCUT2D eigenvalue weighted by Crippen LogP contribution is 2.35. The molecule has 1 unspecified atom stereocenters. The van der Waals surface area contributed by atoms with E-state index in [1.54, 1.807) is 0 Å². The van der Waals surface area contributed by atoms with Crippen LogP contribution in [-0.4, -0.2) is 16.5 Å². The van der Waals surface area contributed by atoms with Crippen molar-refractivity contribution in [2.75, 3.05) is 0 Å². The van der Waals surface area contributed by atoms with Crippen LogP contribution in [0, 0.1) is 0 Å². The van der Waals surface area contributed by atoms with Gasteiger partial charge in [0.25, 0.3) is 0 Å². The van der Waals surface area contributed by atoms with Crippen LogP contribution in [0.15, 0.2) is 91.1 Å². The van der Waals surface area contributed by atoms with E-state index in [1.165, 1.54) is 27.6 Å². The van der Waals surface area contributed by atoms with Crippen LogP contribution in [0.25, 0.3) is 10.9 Å². The van der Waals surface area contributed by atoms with Gasteiger partial charge in [0.15, 0.2) is 0 Å². The van der Waals surface area contributed by atoms with Crippen LogP contribution in [0.5, 0.6) is 0 Å². The molecular weight excluding hydrogens is 368 g/mol. The number of aromatic nitrogens is 1. The van der Waals surface area contributed by atoms with Crippen LogP contribution in [0.4, 0.5) is 0 Å². The van der Waals surface area contributed by atoms with Crippen LogP contribution in [0.2, 0.25) is 0 Å². The third-order valence-electron chi connectivity index (χ3n) is 5.43. The first-order valence-corrected chi connectivity index (χ1v) is 10.6. The van der Waals surface area contributed by atoms with Gasteiger partial charge in [0.2, 0.25) is 5.91 Å². The Morgan fingerprint density at radius 3 is 2.20 bits per heavy atom. The number of carbonyl (C=O) groups excluding carboxylic acids is 1. The van der Waals surface area contributed by atoms with E-state index < -0.39 is 0 Å². The summed E-state index contributed by atoms with van der Waals surface area (Å²) in [4.78, 5) is 12.7. The summed E-state index contributed by atoms with van der Waals surface area (Å²) in [6.45, 7) is 4.81. The molecular formula is C27H28N2O. The monoisotopic (exact) mass is 396 g/mol. The number of hydrogen-bond acceptors (Lipinski definition) is 1. The van der Waals surface area contributed by atoms with Gasteiger partial charge in [-0.25, -0.2) is 0 Å². The van der Waals surface area contributed by atoms with E-state index >= 15 is 0 Å². The fourth-order valence-electron chi connectivity index (χ4n) is 4.12. The molecule has 0 saturated carbocycles. The van der Waals surface area contributed by atoms with E-state index in [-0.39, 0.29) is 17.9 Å². The minimum atomic E-state index is 0.00636. The number of fused-ring (bicyclic) bond motifs is 1. The van der Waals surface area contributed by atoms with Crippen LogP contribution in [-0.2, 0) is 11.3 Å². The summed E-state index contributed by atoms with van der Waals surface area (Å²) in [5.74, 6) is 0.0885. The highest BCUT2D eigenvalue weighted by molar-refractivity contribution is 5.86. The van der Waals surface area contributed by atoms with Crippen LogP contribution in [0.3, 0.4) is 0 Å². The lowest BCUT2D eigenvalue weighted by Gasteiger charge is -2.18. The Morgan fingerprint density at radius 2 is 1.50 bits per heavy atom. The van der Waals surface area contributed by atoms with Crippen molar-refractivity contribution in [1.29, 1.82) is 0 Å². The number of para-hydroxylation sites is 1. The Bertz CT molecular complexity index is 1110. The molecule has 0 aliphatic heterocycles. The molecule has 3 nitrogen and oxygen atoms in total. The summed E-state index contributed by atoms with van der Waals surface area (Å²) in [5, 5.41) is 4.27. The highest BCUT2D eigenvalue weighted by Gasteiger charge is 2.23. The lowest BCUT2D eigenvalue weighted by Crippen LogP contribution is -2.31. The number of hydrogen-bond donors (Lipinski definition) is 1. The van der Waals surface area contributed by atoms with Gasteiger partial charge < -0.3 is 9.88 Å². The quantitative estimate of drug-likeness (QED) is 0.425. The topological polar surface area (TPSA) is 34.0 Å². The van der Waals surface area contributed by atoms with Gasteiger partial charge >= 0.3 is 0 Å². The molecule has 152 valence electrons. The van der Waals surface area contributed by atoms with E-state index in [2.05, 4.69) is 76.7 Å². The minimum absolute atomic E-state index is 0.00636. The number of benzene rings is 3. The van der Waals surface area contributed by atoms with Crippen LogP contribution in [0.1, 0.15) is 42.9 Å². The first-order valence-electron chi connectivity index (χ1n) is 10.6. The van der Waals surface area contributed by atoms with Crippen LogP contribution < -0.4 is 5.32 Å². The van der Waals surface area contributed by atoms with Gasteiger partial charge in [-0.3, -0.25) is 4.79 Å². The Hall–Kier alpha value is -3.33. The molecule has 0 saturated heterocycles. The van der Waals surface area contributed by atoms with Gasteiger partial charge in [-0.05, 0) is 36.6 Å². The third kappa shape index (κ3) is 4.46. The second kappa shape index (κ2) is 9.00. The van der Waals surface area contributed by atoms with Crippen molar-refractivity contribution >= 4 is 16.8 Å². The highest BCUT2D eigenvalue weighted by atomic mass is 16.1. The molecule has 0 aliphatic rings. The zero-order valence-corrected chi connectivity index (χ0v) is 17.6. The number of nitrogens with zero attached hydrogens (tertiary/aromatic N) is 1. The molecule has 1 atom stereocenters. The lowest BCUT2D eigenvalue weighted by molar-refractivity contribution is -0.121. The Kier molecular flexibility index (Phi) is 5.99. The average Bonchev–Trinajstić information content (AvgIpc) is 3.11. The number of amides is 1. The smallest absolute Gasteiger partial charge is 0.221 e. The van der Waals surface area contributed by atoms with Crippen molar-refractivity contribution in [3.63, 3.8) is 0 Å². The van der Waals surface area contributed by atoms with Gasteiger partial charge in [-0.2, -0.15) is 0 Å². The molecule has 1 N–H and O–H groups in total. The average molecular weight is 397 g/mol. The normalized spacial score (nSPS) is 12.2. The maximum absolute atomic E-state index is 12.7. The molecule has 1 amide bonds. The summed E-state index contributed by atoms with van der Waals surface area (Å²) >= 11 is 0. The molecule has 4 rings (SSSR count). The molecule has 0 fully saturated rings. The molecule has 0 radical (unpaired) electrons. The molecule has 3 aromatic carbocycles. The van der Waals surface area contributed by atoms with Gasteiger partial charge in [0, 0.05) is 42.0 Å². The first kappa shape index (κ1) is 20.0. The van der Waals surface area contributed by atoms with Gasteiger partial charge in [-0.1, -0.05) is 78.9 Å². The van der Waals surface area contributed by atoms with Crippen molar-refractivity contribution in [2.24, 2.45) is 0 Å². The molecule has 0 spiro atoms. The third-order valence-corrected chi connectivity index (χ3v) is 5.43. The SMILES string of the molecule is CC(C)NC(=O)CC(c1ccccc1)c1cn(Cc2ccccc2)c2ccccc12. The molecule has 1 aromatic heterocycles. The summed E-state index contributed by atoms with van der Waals surface area (Å²) < 4.78 is 2.30. The summed E-state index contributed by atoms with van der Waals surface area (Å²) in [6, 6.07) is 29.5. The first-order chi connectivity index (χ1) is 14.6. The zero-order chi connectivity index (χ0) is 20.9. The predicted octanol–water partition coefficient (Wildman–Crippen LogP) is 5.74. The van der Waals surface area contributed by atoms with E-state index in [1.807, 2.05) is 38.1 Å². The van der Waals surface area contributed by atoms with Crippen molar-refractivity contribution in [1.82, 2.24) is 9.88 Å². The minimum Gasteiger partial charge on any atom is -0.354 e. The van der Waals surface area contributed by atoms with Crippen LogP contribution >= 0.6 is 0 Å². The Morgan fingerprint density at radius 1 is 0.867 bits per heavy atom. The molecule has 3 heteroatoms. The van der Waals surface area contributed by atoms with E-state index in [4.69, 9.17) is 0 Å². The molecule has 0 aliphatic carbocycles. The maximum Gasteiger partial charge on any atom is 0.221 e. The fraction of sp³-hybridized carbons (Fsp3) is 0.222. The number of nitrogens with one attached hydrogen (secondary N) is 1. The Balaban J connectivity index is 1.78. The van der Waals surface area contributed by atoms with Crippen molar-refractivity contribution in [2.45, 2.75) is 38.8 Å². The van der Waals surface area contributed by atoms with Gasteiger partial charge in [0.1, 0.15) is 0 Å². The van der Waals surface area contributed by atoms with Crippen molar-refractivity contribution in [3.05, 3.63) is 108 Å². The molecule has 1 heterocycles. The standard InChI is InChI=1S/C27H28N2O/c1-20(2)28-27(30)17-24(22-13-7-4-8-14-22)25-19-29(18-21-11-5-3-6-12-21)26-16-10-9-15-23(25)26/h3-16,19-20,24H,17-18H2,1-2H3,(H,28,30). The fourth-order valence-corrected chi connectivity index (χ4v) is 4.12. The van der Waals surface area contributed by atoms with E-state index in [0.29, 0.717) is 6.42 Å². The van der Waals surface area contributed by atoms with Crippen molar-refractivity contribution < 1.29 is 4.79 Å². The van der Waals surface area contributed by atoms with E-state index in [0.717, 1.165) is 6.54 Å². The summed E-state index contributed by atoms with van der Waals surface area (Å²) in [6.07, 6.45) is 2.67. The van der Waals surface area contributed by atoms with Gasteiger partial charge in [-0.15, -0.1) is 0 Å². The number of rotatable bonds is 7. The second-order valence-corrected chi connectivity index (χ2v) is 8.10. The summed E-state index contributed by atoms with van der Waals surface area (Å²) in [7, 11) is 0. The summed E-state index contributed by atoms with van der Waals surface area (Å²) in [5.41, 5.74) is 4.82. The molecule has 0 bridgehead atoms. The lowest BCUT2D eigenvalue weighted by atomic mass is 9.88. The Labute approximate surface area is 178 Å². The largest absolute Gasteiger partial charge is 0.354 e. The second-order valence-electron chi connectivity index (χ2n) is 8.10. The van der Waals surface area contributed by atoms with Gasteiger partial charge in [0.05, 0.1) is 0 Å². The maximum atomic E-state index is 12.7. The number of carbonyl (C=O) groups is 1. The molecule has 30 heavy (non-hydrogen) atoms. The molecule has 4 aromatic rings. The predicted molar refractivity (Wildman–Crippen MR) is 124 cm³/mol. The van der Waals surface area contributed by atoms with Crippen molar-refractivity contribution in [3.8, 4) is 0 Å².